The summed E-state index contributed by atoms with van der Waals surface area (Å²) in [6.45, 7) is 2.26. The molecule has 0 fully saturated rings. The van der Waals surface area contributed by atoms with Crippen LogP contribution < -0.4 is 11.1 Å². The molecule has 1 aromatic carbocycles. The van der Waals surface area contributed by atoms with Crippen molar-refractivity contribution in [3.05, 3.63) is 40.3 Å². The van der Waals surface area contributed by atoms with E-state index < -0.39 is 5.82 Å². The van der Waals surface area contributed by atoms with E-state index in [2.05, 4.69) is 22.2 Å². The number of anilines is 3. The lowest BCUT2D eigenvalue weighted by Gasteiger charge is -2.18. The third-order valence-corrected chi connectivity index (χ3v) is 5.84. The zero-order chi connectivity index (χ0) is 17.6. The Hall–Kier alpha value is -2.54. The van der Waals surface area contributed by atoms with Crippen molar-refractivity contribution in [2.24, 2.45) is 5.92 Å². The van der Waals surface area contributed by atoms with E-state index in [-0.39, 0.29) is 11.4 Å². The van der Waals surface area contributed by atoms with Gasteiger partial charge in [0.25, 0.3) is 0 Å². The highest BCUT2D eigenvalue weighted by molar-refractivity contribution is 7.19. The van der Waals surface area contributed by atoms with Gasteiger partial charge in [-0.05, 0) is 42.9 Å². The molecule has 1 unspecified atom stereocenters. The van der Waals surface area contributed by atoms with Crippen LogP contribution in [0.1, 0.15) is 29.3 Å². The van der Waals surface area contributed by atoms with Crippen LogP contribution in [0.15, 0.2) is 18.5 Å². The molecule has 1 aliphatic carbocycles. The zero-order valence-electron chi connectivity index (χ0n) is 13.8. The molecule has 0 spiro atoms. The summed E-state index contributed by atoms with van der Waals surface area (Å²) in [6.07, 6.45) is 5.81. The Bertz CT molecular complexity index is 981. The van der Waals surface area contributed by atoms with Gasteiger partial charge >= 0.3 is 0 Å². The van der Waals surface area contributed by atoms with Crippen molar-refractivity contribution in [2.45, 2.75) is 26.2 Å². The number of nitrogens with two attached hydrogens (primary N) is 1. The monoisotopic (exact) mass is 355 g/mol. The average molecular weight is 355 g/mol. The molecule has 0 bridgehead atoms. The molecule has 1 aliphatic rings. The summed E-state index contributed by atoms with van der Waals surface area (Å²) in [4.78, 5) is 11.0. The van der Waals surface area contributed by atoms with Gasteiger partial charge in [0, 0.05) is 22.3 Å². The first kappa shape index (κ1) is 16.0. The minimum absolute atomic E-state index is 0.243. The number of rotatable bonds is 3. The first-order valence-corrected chi connectivity index (χ1v) is 9.00. The van der Waals surface area contributed by atoms with E-state index in [1.54, 1.807) is 11.3 Å². The summed E-state index contributed by atoms with van der Waals surface area (Å²) in [5.41, 5.74) is 7.98. The van der Waals surface area contributed by atoms with E-state index in [0.29, 0.717) is 17.3 Å². The van der Waals surface area contributed by atoms with E-state index in [1.807, 2.05) is 0 Å². The number of benzene rings is 1. The quantitative estimate of drug-likeness (QED) is 0.483. The van der Waals surface area contributed by atoms with Gasteiger partial charge in [-0.2, -0.15) is 0 Å². The van der Waals surface area contributed by atoms with Crippen molar-refractivity contribution < 1.29 is 4.39 Å². The highest BCUT2D eigenvalue weighted by atomic mass is 32.1. The van der Waals surface area contributed by atoms with Crippen LogP contribution in [-0.2, 0) is 12.8 Å². The molecule has 0 saturated heterocycles. The van der Waals surface area contributed by atoms with Crippen molar-refractivity contribution in [2.75, 3.05) is 11.1 Å². The van der Waals surface area contributed by atoms with Crippen LogP contribution in [-0.4, -0.2) is 16.2 Å². The summed E-state index contributed by atoms with van der Waals surface area (Å²) in [5, 5.41) is 11.5. The van der Waals surface area contributed by atoms with Gasteiger partial charge in [0.15, 0.2) is 0 Å². The summed E-state index contributed by atoms with van der Waals surface area (Å²) < 4.78 is 14.3. The molecule has 0 saturated carbocycles. The van der Waals surface area contributed by atoms with Gasteiger partial charge in [-0.25, -0.2) is 14.4 Å². The predicted molar refractivity (Wildman–Crippen MR) is 101 cm³/mol. The fourth-order valence-corrected chi connectivity index (χ4v) is 4.67. The number of fused-ring (bicyclic) bond motifs is 3. The first-order valence-electron chi connectivity index (χ1n) is 8.18. The molecule has 2 heterocycles. The number of nitrogens with zero attached hydrogens (tertiary/aromatic N) is 2. The maximum atomic E-state index is 14.3. The van der Waals surface area contributed by atoms with Gasteiger partial charge in [-0.1, -0.05) is 6.92 Å². The second-order valence-corrected chi connectivity index (χ2v) is 7.57. The molecule has 5 nitrogen and oxygen atoms in total. The van der Waals surface area contributed by atoms with Gasteiger partial charge < -0.3 is 16.5 Å². The maximum Gasteiger partial charge on any atom is 0.148 e. The fourth-order valence-electron chi connectivity index (χ4n) is 3.32. The van der Waals surface area contributed by atoms with Gasteiger partial charge in [0.2, 0.25) is 0 Å². The SMILES string of the molecule is CC1CCc2c(sc3ncnc(Nc4cc(C=N)c(N)cc4F)c23)C1. The largest absolute Gasteiger partial charge is 0.398 e. The Morgan fingerprint density at radius 2 is 2.24 bits per heavy atom. The van der Waals surface area contributed by atoms with Crippen LogP contribution in [0.5, 0.6) is 0 Å². The fraction of sp³-hybridized carbons (Fsp3) is 0.278. The molecule has 0 amide bonds. The Kier molecular flexibility index (Phi) is 3.88. The molecule has 128 valence electrons. The van der Waals surface area contributed by atoms with Crippen LogP contribution in [0.3, 0.4) is 0 Å². The number of nitrogens with one attached hydrogen (secondary N) is 2. The van der Waals surface area contributed by atoms with Crippen molar-refractivity contribution in [1.29, 1.82) is 5.41 Å². The van der Waals surface area contributed by atoms with E-state index in [4.69, 9.17) is 11.1 Å². The smallest absolute Gasteiger partial charge is 0.148 e. The van der Waals surface area contributed by atoms with E-state index in [0.717, 1.165) is 35.7 Å². The molecular formula is C18H18FN5S. The van der Waals surface area contributed by atoms with Gasteiger partial charge in [0.1, 0.15) is 22.8 Å². The Morgan fingerprint density at radius 1 is 1.40 bits per heavy atom. The molecule has 7 heteroatoms. The minimum atomic E-state index is -0.465. The predicted octanol–water partition coefficient (Wildman–Crippen LogP) is 4.28. The number of halogens is 1. The molecule has 0 aliphatic heterocycles. The molecule has 3 aromatic rings. The normalized spacial score (nSPS) is 16.6. The minimum Gasteiger partial charge on any atom is -0.398 e. The summed E-state index contributed by atoms with van der Waals surface area (Å²) in [5.74, 6) is 0.818. The van der Waals surface area contributed by atoms with E-state index in [1.165, 1.54) is 28.9 Å². The van der Waals surface area contributed by atoms with Gasteiger partial charge in [-0.15, -0.1) is 11.3 Å². The maximum absolute atomic E-state index is 14.3. The van der Waals surface area contributed by atoms with Crippen LogP contribution in [0.4, 0.5) is 21.6 Å². The first-order chi connectivity index (χ1) is 12.1. The third-order valence-electron chi connectivity index (χ3n) is 4.67. The number of nitrogen functional groups attached to an aromatic ring is 1. The molecule has 4 N–H and O–H groups in total. The molecular weight excluding hydrogens is 337 g/mol. The Balaban J connectivity index is 1.82. The topological polar surface area (TPSA) is 87.7 Å². The summed E-state index contributed by atoms with van der Waals surface area (Å²) in [6, 6.07) is 2.76. The lowest BCUT2D eigenvalue weighted by Crippen LogP contribution is -2.09. The second kappa shape index (κ2) is 6.07. The van der Waals surface area contributed by atoms with Crippen LogP contribution >= 0.6 is 11.3 Å². The number of thiophene rings is 1. The third kappa shape index (κ3) is 2.74. The standard InChI is InChI=1S/C18H18FN5S/c1-9-2-3-11-15(4-9)25-18-16(11)17(22-8-23-18)24-14-5-10(7-20)13(21)6-12(14)19/h5-9,20H,2-4,21H2,1H3,(H,22,23,24). The van der Waals surface area contributed by atoms with E-state index >= 15 is 0 Å². The molecule has 1 atom stereocenters. The van der Waals surface area contributed by atoms with Crippen molar-refractivity contribution in [3.8, 4) is 0 Å². The average Bonchev–Trinajstić information content (AvgIpc) is 2.95. The molecule has 0 radical (unpaired) electrons. The Morgan fingerprint density at radius 3 is 3.04 bits per heavy atom. The van der Waals surface area contributed by atoms with Gasteiger partial charge in [-0.3, -0.25) is 0 Å². The van der Waals surface area contributed by atoms with Crippen LogP contribution in [0.2, 0.25) is 0 Å². The summed E-state index contributed by atoms with van der Waals surface area (Å²) in [7, 11) is 0. The highest BCUT2D eigenvalue weighted by Gasteiger charge is 2.23. The number of hydrogen-bond donors (Lipinski definition) is 3. The highest BCUT2D eigenvalue weighted by Crippen LogP contribution is 2.40. The van der Waals surface area contributed by atoms with Crippen LogP contribution in [0, 0.1) is 17.1 Å². The molecule has 25 heavy (non-hydrogen) atoms. The zero-order valence-corrected chi connectivity index (χ0v) is 14.6. The van der Waals surface area contributed by atoms with Crippen molar-refractivity contribution in [3.63, 3.8) is 0 Å². The lowest BCUT2D eigenvalue weighted by molar-refractivity contribution is 0.509. The van der Waals surface area contributed by atoms with Crippen molar-refractivity contribution >= 4 is 45.0 Å². The Labute approximate surface area is 148 Å². The molecule has 2 aromatic heterocycles. The molecule has 4 rings (SSSR count). The second-order valence-electron chi connectivity index (χ2n) is 6.48. The van der Waals surface area contributed by atoms with E-state index in [9.17, 15) is 4.39 Å². The lowest BCUT2D eigenvalue weighted by atomic mass is 9.89. The van der Waals surface area contributed by atoms with Crippen LogP contribution in [0.25, 0.3) is 10.2 Å². The van der Waals surface area contributed by atoms with Gasteiger partial charge in [0.05, 0.1) is 11.1 Å². The summed E-state index contributed by atoms with van der Waals surface area (Å²) >= 11 is 1.70. The number of aryl methyl sites for hydroxylation is 1. The number of aromatic nitrogens is 2. The van der Waals surface area contributed by atoms with Crippen molar-refractivity contribution in [1.82, 2.24) is 9.97 Å². The number of hydrogen-bond acceptors (Lipinski definition) is 6.